The maximum atomic E-state index is 12.1. The second-order valence-electron chi connectivity index (χ2n) is 4.39. The molecule has 0 bridgehead atoms. The molecule has 6 heteroatoms. The Morgan fingerprint density at radius 2 is 2.00 bits per heavy atom. The molecule has 0 saturated carbocycles. The van der Waals surface area contributed by atoms with Crippen molar-refractivity contribution in [1.29, 1.82) is 0 Å². The molecule has 0 spiro atoms. The Morgan fingerprint density at radius 3 is 2.70 bits per heavy atom. The number of fused-ring (bicyclic) bond motifs is 1. The van der Waals surface area contributed by atoms with Crippen LogP contribution in [-0.2, 0) is 17.9 Å². The van der Waals surface area contributed by atoms with Gasteiger partial charge in [-0.1, -0.05) is 25.1 Å². The molecule has 2 aromatic rings. The zero-order chi connectivity index (χ0) is 14.6. The highest BCUT2D eigenvalue weighted by molar-refractivity contribution is 5.82. The van der Waals surface area contributed by atoms with E-state index < -0.39 is 12.8 Å². The first kappa shape index (κ1) is 14.9. The van der Waals surface area contributed by atoms with Gasteiger partial charge in [0.15, 0.2) is 0 Å². The number of para-hydroxylation sites is 1. The molecule has 0 radical (unpaired) electrons. The van der Waals surface area contributed by atoms with E-state index in [1.165, 1.54) is 0 Å². The molecule has 0 aliphatic heterocycles. The molecule has 0 saturated heterocycles. The molecule has 110 valence electrons. The van der Waals surface area contributed by atoms with Crippen LogP contribution in [0, 0.1) is 0 Å². The van der Waals surface area contributed by atoms with Crippen LogP contribution in [0.3, 0.4) is 0 Å². The van der Waals surface area contributed by atoms with Crippen molar-refractivity contribution >= 4 is 11.0 Å². The van der Waals surface area contributed by atoms with Crippen LogP contribution in [0.4, 0.5) is 13.2 Å². The van der Waals surface area contributed by atoms with Crippen LogP contribution in [-0.4, -0.2) is 19.3 Å². The largest absolute Gasteiger partial charge is 0.458 e. The lowest BCUT2D eigenvalue weighted by Crippen LogP contribution is -2.17. The summed E-state index contributed by atoms with van der Waals surface area (Å²) in [4.78, 5) is 0. The molecule has 1 N–H and O–H groups in total. The van der Waals surface area contributed by atoms with Crippen LogP contribution < -0.4 is 5.32 Å². The van der Waals surface area contributed by atoms with Crippen molar-refractivity contribution in [2.24, 2.45) is 0 Å². The molecular weight excluding hydrogens is 271 g/mol. The molecule has 2 rings (SSSR count). The summed E-state index contributed by atoms with van der Waals surface area (Å²) in [5.41, 5.74) is 1.51. The summed E-state index contributed by atoms with van der Waals surface area (Å²) in [6, 6.07) is 7.37. The topological polar surface area (TPSA) is 34.4 Å². The second kappa shape index (κ2) is 6.28. The molecule has 1 heterocycles. The molecular formula is C14H16F3NO2. The Bertz CT molecular complexity index is 563. The van der Waals surface area contributed by atoms with Gasteiger partial charge in [-0.3, -0.25) is 0 Å². The monoisotopic (exact) mass is 287 g/mol. The van der Waals surface area contributed by atoms with Gasteiger partial charge in [0.05, 0.1) is 0 Å². The summed E-state index contributed by atoms with van der Waals surface area (Å²) in [5.74, 6) is 0.441. The van der Waals surface area contributed by atoms with Gasteiger partial charge in [0.2, 0.25) is 0 Å². The molecule has 0 amide bonds. The molecule has 0 atom stereocenters. The number of benzene rings is 1. The Kier molecular flexibility index (Phi) is 4.67. The Morgan fingerprint density at radius 1 is 1.25 bits per heavy atom. The first-order valence-electron chi connectivity index (χ1n) is 6.35. The highest BCUT2D eigenvalue weighted by Gasteiger charge is 2.28. The number of hydrogen-bond donors (Lipinski definition) is 1. The molecule has 20 heavy (non-hydrogen) atoms. The van der Waals surface area contributed by atoms with Crippen molar-refractivity contribution < 1.29 is 22.3 Å². The minimum Gasteiger partial charge on any atom is -0.458 e. The molecule has 0 unspecified atom stereocenters. The van der Waals surface area contributed by atoms with Gasteiger partial charge in [0, 0.05) is 17.5 Å². The summed E-state index contributed by atoms with van der Waals surface area (Å²) in [7, 11) is 0. The molecule has 0 aliphatic rings. The number of halogens is 3. The van der Waals surface area contributed by atoms with E-state index in [4.69, 9.17) is 4.42 Å². The highest BCUT2D eigenvalue weighted by atomic mass is 19.4. The number of furan rings is 1. The number of rotatable bonds is 6. The van der Waals surface area contributed by atoms with E-state index in [2.05, 4.69) is 10.1 Å². The molecule has 3 nitrogen and oxygen atoms in total. The average molecular weight is 287 g/mol. The normalized spacial score (nSPS) is 12.2. The second-order valence-corrected chi connectivity index (χ2v) is 4.39. The summed E-state index contributed by atoms with van der Waals surface area (Å²) in [5, 5.41) is 4.05. The standard InChI is InChI=1S/C14H16F3NO2/c1-2-18-7-11-10-5-3-4-6-12(10)20-13(11)8-19-9-14(15,16)17/h3-6,18H,2,7-9H2,1H3. The van der Waals surface area contributed by atoms with E-state index in [0.29, 0.717) is 17.9 Å². The predicted octanol–water partition coefficient (Wildman–Crippen LogP) is 3.62. The lowest BCUT2D eigenvalue weighted by Gasteiger charge is -2.07. The number of hydrogen-bond acceptors (Lipinski definition) is 3. The van der Waals surface area contributed by atoms with Crippen LogP contribution in [0.15, 0.2) is 28.7 Å². The maximum Gasteiger partial charge on any atom is 0.411 e. The van der Waals surface area contributed by atoms with Gasteiger partial charge in [-0.15, -0.1) is 0 Å². The fourth-order valence-corrected chi connectivity index (χ4v) is 1.97. The number of ether oxygens (including phenoxy) is 1. The van der Waals surface area contributed by atoms with Crippen molar-refractivity contribution in [1.82, 2.24) is 5.32 Å². The zero-order valence-electron chi connectivity index (χ0n) is 11.1. The van der Waals surface area contributed by atoms with Gasteiger partial charge < -0.3 is 14.5 Å². The first-order valence-corrected chi connectivity index (χ1v) is 6.35. The van der Waals surface area contributed by atoms with Crippen molar-refractivity contribution in [3.05, 3.63) is 35.6 Å². The SMILES string of the molecule is CCNCc1c(COCC(F)(F)F)oc2ccccc12. The number of alkyl halides is 3. The van der Waals surface area contributed by atoms with E-state index in [0.717, 1.165) is 17.5 Å². The lowest BCUT2D eigenvalue weighted by atomic mass is 10.1. The third-order valence-corrected chi connectivity index (χ3v) is 2.83. The highest BCUT2D eigenvalue weighted by Crippen LogP contribution is 2.27. The molecule has 1 aromatic heterocycles. The summed E-state index contributed by atoms with van der Waals surface area (Å²) in [6.45, 7) is 1.81. The van der Waals surface area contributed by atoms with Crippen molar-refractivity contribution in [2.45, 2.75) is 26.3 Å². The van der Waals surface area contributed by atoms with Crippen LogP contribution in [0.2, 0.25) is 0 Å². The molecule has 0 fully saturated rings. The van der Waals surface area contributed by atoms with Gasteiger partial charge in [0.25, 0.3) is 0 Å². The van der Waals surface area contributed by atoms with Crippen LogP contribution in [0.5, 0.6) is 0 Å². The van der Waals surface area contributed by atoms with E-state index in [-0.39, 0.29) is 6.61 Å². The van der Waals surface area contributed by atoms with Gasteiger partial charge in [-0.2, -0.15) is 13.2 Å². The van der Waals surface area contributed by atoms with E-state index in [1.54, 1.807) is 6.07 Å². The minimum absolute atomic E-state index is 0.186. The Labute approximate surface area is 114 Å². The third kappa shape index (κ3) is 3.74. The fraction of sp³-hybridized carbons (Fsp3) is 0.429. The molecule has 1 aromatic carbocycles. The summed E-state index contributed by atoms with van der Waals surface area (Å²) >= 11 is 0. The van der Waals surface area contributed by atoms with E-state index in [9.17, 15) is 13.2 Å². The van der Waals surface area contributed by atoms with Crippen molar-refractivity contribution in [3.63, 3.8) is 0 Å². The van der Waals surface area contributed by atoms with E-state index in [1.807, 2.05) is 25.1 Å². The van der Waals surface area contributed by atoms with Crippen LogP contribution >= 0.6 is 0 Å². The third-order valence-electron chi connectivity index (χ3n) is 2.83. The minimum atomic E-state index is -4.33. The summed E-state index contributed by atoms with van der Waals surface area (Å²) < 4.78 is 46.6. The lowest BCUT2D eigenvalue weighted by molar-refractivity contribution is -0.177. The fourth-order valence-electron chi connectivity index (χ4n) is 1.97. The van der Waals surface area contributed by atoms with Crippen LogP contribution in [0.1, 0.15) is 18.2 Å². The summed E-state index contributed by atoms with van der Waals surface area (Å²) in [6.07, 6.45) is -4.33. The zero-order valence-corrected chi connectivity index (χ0v) is 11.1. The maximum absolute atomic E-state index is 12.1. The predicted molar refractivity (Wildman–Crippen MR) is 69.3 cm³/mol. The van der Waals surface area contributed by atoms with E-state index >= 15 is 0 Å². The number of nitrogens with one attached hydrogen (secondary N) is 1. The van der Waals surface area contributed by atoms with Crippen molar-refractivity contribution in [3.8, 4) is 0 Å². The van der Waals surface area contributed by atoms with Gasteiger partial charge in [0.1, 0.15) is 24.6 Å². The van der Waals surface area contributed by atoms with Crippen LogP contribution in [0.25, 0.3) is 11.0 Å². The van der Waals surface area contributed by atoms with Gasteiger partial charge in [-0.05, 0) is 12.6 Å². The average Bonchev–Trinajstić information content (AvgIpc) is 2.72. The Hall–Kier alpha value is -1.53. The Balaban J connectivity index is 2.17. The van der Waals surface area contributed by atoms with Gasteiger partial charge in [-0.25, -0.2) is 0 Å². The quantitative estimate of drug-likeness (QED) is 0.881. The smallest absolute Gasteiger partial charge is 0.411 e. The van der Waals surface area contributed by atoms with Crippen molar-refractivity contribution in [2.75, 3.05) is 13.2 Å². The molecule has 0 aliphatic carbocycles. The van der Waals surface area contributed by atoms with Gasteiger partial charge >= 0.3 is 6.18 Å². The first-order chi connectivity index (χ1) is 9.51.